The molecule has 4 amide bonds. The third-order valence-corrected chi connectivity index (χ3v) is 10.4. The van der Waals surface area contributed by atoms with Crippen molar-refractivity contribution in [1.82, 2.24) is 20.9 Å². The summed E-state index contributed by atoms with van der Waals surface area (Å²) in [5, 5.41) is 20.8. The molecule has 0 unspecified atom stereocenters. The first kappa shape index (κ1) is 34.5. The molecule has 4 rings (SSSR count). The van der Waals surface area contributed by atoms with Gasteiger partial charge in [0, 0.05) is 37.1 Å². The van der Waals surface area contributed by atoms with Crippen LogP contribution in [0.3, 0.4) is 0 Å². The standard InChI is InChI=1S/C29H36F3N5O6S2/c1-44-21-5-7-22(8-6-21)45(42,43)17-18-2-4-20(38)15-25(18)35-26(39)16-34-27(40)23-14-19(29(30,31)32)3-9-24(23)36-28(41)37-12-10-33-11-13-37/h3,5-9,14,18,20,25,33,38H,2,4,10-13,15-17H2,1H3,(H,34,40)(H,35,39)(H,36,41)/t18-,20-,25-/m0/s1. The number of rotatable bonds is 9. The Morgan fingerprint density at radius 1 is 1.07 bits per heavy atom. The Bertz CT molecular complexity index is 1480. The summed E-state index contributed by atoms with van der Waals surface area (Å²) >= 11 is 1.47. The van der Waals surface area contributed by atoms with Gasteiger partial charge < -0.3 is 31.3 Å². The van der Waals surface area contributed by atoms with E-state index >= 15 is 0 Å². The fourth-order valence-electron chi connectivity index (χ4n) is 5.34. The van der Waals surface area contributed by atoms with E-state index in [-0.39, 0.29) is 22.8 Å². The zero-order valence-electron chi connectivity index (χ0n) is 24.5. The number of nitrogens with zero attached hydrogens (tertiary/aromatic N) is 1. The van der Waals surface area contributed by atoms with E-state index < -0.39 is 69.6 Å². The number of aliphatic hydroxyl groups is 1. The van der Waals surface area contributed by atoms with Gasteiger partial charge in [-0.15, -0.1) is 11.8 Å². The Hall–Kier alpha value is -3.34. The van der Waals surface area contributed by atoms with Crippen LogP contribution >= 0.6 is 11.8 Å². The third kappa shape index (κ3) is 9.34. The van der Waals surface area contributed by atoms with Gasteiger partial charge in [-0.3, -0.25) is 9.59 Å². The molecule has 1 saturated heterocycles. The number of hydrogen-bond donors (Lipinski definition) is 5. The second-order valence-corrected chi connectivity index (χ2v) is 13.9. The van der Waals surface area contributed by atoms with E-state index in [4.69, 9.17) is 0 Å². The van der Waals surface area contributed by atoms with Gasteiger partial charge in [-0.1, -0.05) is 0 Å². The lowest BCUT2D eigenvalue weighted by Gasteiger charge is -2.34. The molecule has 0 bridgehead atoms. The van der Waals surface area contributed by atoms with E-state index in [1.165, 1.54) is 28.8 Å². The summed E-state index contributed by atoms with van der Waals surface area (Å²) < 4.78 is 66.6. The van der Waals surface area contributed by atoms with E-state index in [1.807, 2.05) is 6.26 Å². The van der Waals surface area contributed by atoms with Crippen LogP contribution < -0.4 is 21.3 Å². The molecule has 1 aliphatic heterocycles. The summed E-state index contributed by atoms with van der Waals surface area (Å²) in [5.41, 5.74) is -1.75. The minimum atomic E-state index is -4.76. The van der Waals surface area contributed by atoms with Crippen LogP contribution in [0.15, 0.2) is 52.3 Å². The van der Waals surface area contributed by atoms with Crippen molar-refractivity contribution in [3.05, 3.63) is 53.6 Å². The second kappa shape index (κ2) is 14.8. The van der Waals surface area contributed by atoms with E-state index in [0.29, 0.717) is 45.1 Å². The van der Waals surface area contributed by atoms with Crippen LogP contribution in [0.5, 0.6) is 0 Å². The SMILES string of the molecule is CSc1ccc(S(=O)(=O)C[C@@H]2CC[C@H](O)C[C@@H]2NC(=O)CNC(=O)c2cc(C(F)(F)F)ccc2NC(=O)N2CCNCC2)cc1. The number of sulfone groups is 1. The van der Waals surface area contributed by atoms with Crippen molar-refractivity contribution in [2.45, 2.75) is 47.4 Å². The van der Waals surface area contributed by atoms with Crippen molar-refractivity contribution in [1.29, 1.82) is 0 Å². The Kier molecular flexibility index (Phi) is 11.4. The summed E-state index contributed by atoms with van der Waals surface area (Å²) in [6, 6.07) is 7.49. The number of carbonyl (C=O) groups is 3. The zero-order valence-corrected chi connectivity index (χ0v) is 26.2. The molecule has 1 aliphatic carbocycles. The molecule has 11 nitrogen and oxygen atoms in total. The largest absolute Gasteiger partial charge is 0.416 e. The Balaban J connectivity index is 1.43. The third-order valence-electron chi connectivity index (χ3n) is 7.81. The normalized spacial score (nSPS) is 20.7. The summed E-state index contributed by atoms with van der Waals surface area (Å²) in [7, 11) is -3.72. The quantitative estimate of drug-likeness (QED) is 0.255. The highest BCUT2D eigenvalue weighted by atomic mass is 32.2. The maximum absolute atomic E-state index is 13.5. The van der Waals surface area contributed by atoms with Gasteiger partial charge in [-0.05, 0) is 73.9 Å². The average molecular weight is 672 g/mol. The van der Waals surface area contributed by atoms with Crippen molar-refractivity contribution in [3.63, 3.8) is 0 Å². The summed E-state index contributed by atoms with van der Waals surface area (Å²) in [4.78, 5) is 41.1. The number of urea groups is 1. The van der Waals surface area contributed by atoms with Crippen LogP contribution in [0, 0.1) is 5.92 Å². The van der Waals surface area contributed by atoms with Crippen LogP contribution in [0.4, 0.5) is 23.7 Å². The molecule has 0 spiro atoms. The smallest absolute Gasteiger partial charge is 0.393 e. The lowest BCUT2D eigenvalue weighted by molar-refractivity contribution is -0.137. The van der Waals surface area contributed by atoms with Crippen LogP contribution in [-0.2, 0) is 20.8 Å². The lowest BCUT2D eigenvalue weighted by Crippen LogP contribution is -2.50. The Labute approximate surface area is 263 Å². The van der Waals surface area contributed by atoms with Crippen molar-refractivity contribution < 1.29 is 41.1 Å². The van der Waals surface area contributed by atoms with E-state index in [0.717, 1.165) is 17.0 Å². The van der Waals surface area contributed by atoms with E-state index in [9.17, 15) is 41.1 Å². The van der Waals surface area contributed by atoms with Gasteiger partial charge >= 0.3 is 12.2 Å². The van der Waals surface area contributed by atoms with Crippen molar-refractivity contribution in [2.24, 2.45) is 5.92 Å². The van der Waals surface area contributed by atoms with Crippen molar-refractivity contribution in [3.8, 4) is 0 Å². The van der Waals surface area contributed by atoms with Gasteiger partial charge in [0.25, 0.3) is 5.91 Å². The molecule has 1 heterocycles. The molecule has 45 heavy (non-hydrogen) atoms. The number of nitrogens with one attached hydrogen (secondary N) is 4. The molecule has 2 aromatic rings. The molecule has 246 valence electrons. The van der Waals surface area contributed by atoms with Gasteiger partial charge in [0.15, 0.2) is 9.84 Å². The highest BCUT2D eigenvalue weighted by Gasteiger charge is 2.35. The molecular formula is C29H36F3N5O6S2. The first-order chi connectivity index (χ1) is 21.3. The van der Waals surface area contributed by atoms with Crippen LogP contribution in [0.2, 0.25) is 0 Å². The Morgan fingerprint density at radius 2 is 1.76 bits per heavy atom. The van der Waals surface area contributed by atoms with Gasteiger partial charge in [-0.2, -0.15) is 13.2 Å². The molecule has 5 N–H and O–H groups in total. The summed E-state index contributed by atoms with van der Waals surface area (Å²) in [5.74, 6) is -2.53. The monoisotopic (exact) mass is 671 g/mol. The van der Waals surface area contributed by atoms with Gasteiger partial charge in [0.05, 0.1) is 40.1 Å². The minimum Gasteiger partial charge on any atom is -0.393 e. The number of piperazine rings is 1. The molecule has 16 heteroatoms. The predicted octanol–water partition coefficient (Wildman–Crippen LogP) is 2.71. The Morgan fingerprint density at radius 3 is 2.40 bits per heavy atom. The molecule has 2 fully saturated rings. The number of hydrogen-bond acceptors (Lipinski definition) is 8. The maximum Gasteiger partial charge on any atom is 0.416 e. The van der Waals surface area contributed by atoms with Crippen molar-refractivity contribution >= 4 is 45.1 Å². The average Bonchev–Trinajstić information content (AvgIpc) is 3.01. The maximum atomic E-state index is 13.5. The number of carbonyl (C=O) groups excluding carboxylic acids is 3. The summed E-state index contributed by atoms with van der Waals surface area (Å²) in [6.45, 7) is 1.19. The number of thioether (sulfide) groups is 1. The van der Waals surface area contributed by atoms with E-state index in [2.05, 4.69) is 21.3 Å². The first-order valence-electron chi connectivity index (χ1n) is 14.4. The fraction of sp³-hybridized carbons (Fsp3) is 0.483. The molecular weight excluding hydrogens is 635 g/mol. The summed E-state index contributed by atoms with van der Waals surface area (Å²) in [6.07, 6.45) is -2.87. The number of halogens is 3. The first-order valence-corrected chi connectivity index (χ1v) is 17.2. The highest BCUT2D eigenvalue weighted by Crippen LogP contribution is 2.32. The molecule has 2 aliphatic rings. The van der Waals surface area contributed by atoms with Gasteiger partial charge in [-0.25, -0.2) is 13.2 Å². The zero-order chi connectivity index (χ0) is 32.8. The van der Waals surface area contributed by atoms with E-state index in [1.54, 1.807) is 12.1 Å². The van der Waals surface area contributed by atoms with Crippen molar-refractivity contribution in [2.75, 3.05) is 50.0 Å². The molecule has 0 aromatic heterocycles. The lowest BCUT2D eigenvalue weighted by atomic mass is 9.84. The number of benzene rings is 2. The molecule has 1 saturated carbocycles. The van der Waals surface area contributed by atoms with Gasteiger partial charge in [0.2, 0.25) is 5.91 Å². The highest BCUT2D eigenvalue weighted by molar-refractivity contribution is 7.98. The number of anilines is 1. The van der Waals surface area contributed by atoms with Crippen LogP contribution in [-0.4, -0.2) is 93.1 Å². The van der Waals surface area contributed by atoms with Crippen LogP contribution in [0.1, 0.15) is 35.2 Å². The predicted molar refractivity (Wildman–Crippen MR) is 163 cm³/mol. The molecule has 0 radical (unpaired) electrons. The minimum absolute atomic E-state index is 0.0983. The fourth-order valence-corrected chi connectivity index (χ4v) is 7.46. The molecule has 3 atom stereocenters. The molecule has 2 aromatic carbocycles. The number of alkyl halides is 3. The topological polar surface area (TPSA) is 157 Å². The number of amides is 4. The van der Waals surface area contributed by atoms with Gasteiger partial charge in [0.1, 0.15) is 0 Å². The van der Waals surface area contributed by atoms with Crippen LogP contribution in [0.25, 0.3) is 0 Å². The second-order valence-electron chi connectivity index (χ2n) is 11.0. The number of aliphatic hydroxyl groups excluding tert-OH is 1.